The summed E-state index contributed by atoms with van der Waals surface area (Å²) in [7, 11) is 0. The van der Waals surface area contributed by atoms with Gasteiger partial charge in [0.1, 0.15) is 5.82 Å². The van der Waals surface area contributed by atoms with E-state index >= 15 is 0 Å². The maximum Gasteiger partial charge on any atom is 0.199 e. The second-order valence-corrected chi connectivity index (χ2v) is 2.96. The number of Topliss-reactive ketones (excluding diaryl/α,β-unsaturated/α-hetero) is 1. The molecule has 0 heterocycles. The second-order valence-electron chi connectivity index (χ2n) is 2.96. The molecule has 0 N–H and O–H groups in total. The molecule has 3 heteroatoms. The fourth-order valence-electron chi connectivity index (χ4n) is 1.04. The molecule has 0 aliphatic carbocycles. The van der Waals surface area contributed by atoms with Crippen LogP contribution in [0.5, 0.6) is 0 Å². The van der Waals surface area contributed by atoms with Crippen molar-refractivity contribution >= 4 is 5.78 Å². The molecule has 1 atom stereocenters. The number of benzene rings is 1. The predicted molar refractivity (Wildman–Crippen MR) is 46.0 cm³/mol. The van der Waals surface area contributed by atoms with Crippen molar-refractivity contribution in [1.29, 1.82) is 0 Å². The zero-order valence-electron chi connectivity index (χ0n) is 7.47. The van der Waals surface area contributed by atoms with Crippen LogP contribution >= 0.6 is 0 Å². The van der Waals surface area contributed by atoms with Gasteiger partial charge in [-0.05, 0) is 26.0 Å². The monoisotopic (exact) mass is 184 g/mol. The van der Waals surface area contributed by atoms with Crippen LogP contribution in [-0.4, -0.2) is 12.0 Å². The highest BCUT2D eigenvalue weighted by atomic mass is 19.1. The van der Waals surface area contributed by atoms with Gasteiger partial charge in [-0.3, -0.25) is 4.79 Å². The van der Waals surface area contributed by atoms with Gasteiger partial charge in [-0.15, -0.1) is 0 Å². The molecule has 70 valence electrons. The predicted octanol–water partition coefficient (Wildman–Crippen LogP) is 2.67. The van der Waals surface area contributed by atoms with Gasteiger partial charge in [0.15, 0.2) is 12.0 Å². The highest BCUT2D eigenvalue weighted by molar-refractivity contribution is 5.99. The number of halogens is 2. The first-order valence-corrected chi connectivity index (χ1v) is 3.97. The van der Waals surface area contributed by atoms with Gasteiger partial charge in [0.25, 0.3) is 0 Å². The molecule has 0 radical (unpaired) electrons. The van der Waals surface area contributed by atoms with Crippen molar-refractivity contribution in [1.82, 2.24) is 0 Å². The van der Waals surface area contributed by atoms with Gasteiger partial charge in [0.05, 0.1) is 5.56 Å². The van der Waals surface area contributed by atoms with Gasteiger partial charge in [-0.1, -0.05) is 11.6 Å². The molecule has 0 aromatic heterocycles. The standard InChI is InChI=1S/C10H10F2O/c1-6-3-4-9(12)8(5-6)10(13)7(2)11/h3-5,7H,1-2H3. The Hall–Kier alpha value is -1.25. The lowest BCUT2D eigenvalue weighted by Crippen LogP contribution is -2.13. The highest BCUT2D eigenvalue weighted by Crippen LogP contribution is 2.13. The zero-order valence-corrected chi connectivity index (χ0v) is 7.47. The van der Waals surface area contributed by atoms with Crippen molar-refractivity contribution in [3.05, 3.63) is 35.1 Å². The number of rotatable bonds is 2. The smallest absolute Gasteiger partial charge is 0.199 e. The van der Waals surface area contributed by atoms with E-state index in [2.05, 4.69) is 0 Å². The molecule has 0 saturated carbocycles. The first-order valence-electron chi connectivity index (χ1n) is 3.97. The third kappa shape index (κ3) is 2.11. The van der Waals surface area contributed by atoms with E-state index in [9.17, 15) is 13.6 Å². The molecule has 1 nitrogen and oxygen atoms in total. The molecule has 0 bridgehead atoms. The van der Waals surface area contributed by atoms with E-state index < -0.39 is 17.8 Å². The molecule has 1 unspecified atom stereocenters. The first kappa shape index (κ1) is 9.84. The quantitative estimate of drug-likeness (QED) is 0.646. The summed E-state index contributed by atoms with van der Waals surface area (Å²) in [6.07, 6.45) is -1.66. The van der Waals surface area contributed by atoms with Gasteiger partial charge in [-0.25, -0.2) is 8.78 Å². The minimum absolute atomic E-state index is 0.171. The van der Waals surface area contributed by atoms with Crippen molar-refractivity contribution in [2.24, 2.45) is 0 Å². The number of aryl methyl sites for hydroxylation is 1. The van der Waals surface area contributed by atoms with Crippen LogP contribution in [0.25, 0.3) is 0 Å². The van der Waals surface area contributed by atoms with Gasteiger partial charge >= 0.3 is 0 Å². The van der Waals surface area contributed by atoms with Crippen LogP contribution in [0, 0.1) is 12.7 Å². The highest BCUT2D eigenvalue weighted by Gasteiger charge is 2.17. The van der Waals surface area contributed by atoms with Crippen LogP contribution in [0.3, 0.4) is 0 Å². The minimum atomic E-state index is -1.66. The molecule has 0 aliphatic rings. The largest absolute Gasteiger partial charge is 0.291 e. The lowest BCUT2D eigenvalue weighted by Gasteiger charge is -2.03. The van der Waals surface area contributed by atoms with E-state index in [4.69, 9.17) is 0 Å². The topological polar surface area (TPSA) is 17.1 Å². The van der Waals surface area contributed by atoms with Crippen molar-refractivity contribution in [3.63, 3.8) is 0 Å². The summed E-state index contributed by atoms with van der Waals surface area (Å²) in [5.74, 6) is -1.47. The Kier molecular flexibility index (Phi) is 2.76. The molecule has 0 spiro atoms. The number of hydrogen-bond acceptors (Lipinski definition) is 1. The summed E-state index contributed by atoms with van der Waals surface area (Å²) in [4.78, 5) is 11.1. The van der Waals surface area contributed by atoms with Gasteiger partial charge < -0.3 is 0 Å². The Balaban J connectivity index is 3.13. The molecule has 13 heavy (non-hydrogen) atoms. The third-order valence-electron chi connectivity index (χ3n) is 1.75. The van der Waals surface area contributed by atoms with Crippen LogP contribution in [0.2, 0.25) is 0 Å². The van der Waals surface area contributed by atoms with Crippen LogP contribution in [0.1, 0.15) is 22.8 Å². The normalized spacial score (nSPS) is 12.6. The third-order valence-corrected chi connectivity index (χ3v) is 1.75. The van der Waals surface area contributed by atoms with E-state index in [1.807, 2.05) is 0 Å². The van der Waals surface area contributed by atoms with Crippen LogP contribution in [0.15, 0.2) is 18.2 Å². The number of carbonyl (C=O) groups excluding carboxylic acids is 1. The number of alkyl halides is 1. The summed E-state index contributed by atoms with van der Waals surface area (Å²) in [6.45, 7) is 2.82. The van der Waals surface area contributed by atoms with Crippen LogP contribution < -0.4 is 0 Å². The fraction of sp³-hybridized carbons (Fsp3) is 0.300. The molecule has 0 fully saturated rings. The minimum Gasteiger partial charge on any atom is -0.291 e. The van der Waals surface area contributed by atoms with Crippen LogP contribution in [0.4, 0.5) is 8.78 Å². The van der Waals surface area contributed by atoms with E-state index in [0.29, 0.717) is 0 Å². The van der Waals surface area contributed by atoms with Gasteiger partial charge in [0.2, 0.25) is 0 Å². The summed E-state index contributed by atoms with van der Waals surface area (Å²) < 4.78 is 25.6. The number of carbonyl (C=O) groups is 1. The fourth-order valence-corrected chi connectivity index (χ4v) is 1.04. The Morgan fingerprint density at radius 3 is 2.62 bits per heavy atom. The maximum atomic E-state index is 13.0. The summed E-state index contributed by atoms with van der Waals surface area (Å²) in [6, 6.07) is 4.06. The molecular weight excluding hydrogens is 174 g/mol. The van der Waals surface area contributed by atoms with Crippen molar-refractivity contribution in [2.45, 2.75) is 20.0 Å². The SMILES string of the molecule is Cc1ccc(F)c(C(=O)C(C)F)c1. The average molecular weight is 184 g/mol. The molecule has 1 aromatic rings. The summed E-state index contributed by atoms with van der Waals surface area (Å²) in [5, 5.41) is 0. The summed E-state index contributed by atoms with van der Waals surface area (Å²) in [5.41, 5.74) is 0.570. The zero-order chi connectivity index (χ0) is 10.0. The van der Waals surface area contributed by atoms with Crippen LogP contribution in [-0.2, 0) is 0 Å². The van der Waals surface area contributed by atoms with E-state index in [1.165, 1.54) is 18.2 Å². The molecule has 1 rings (SSSR count). The average Bonchev–Trinajstić information content (AvgIpc) is 2.08. The van der Waals surface area contributed by atoms with Gasteiger partial charge in [0, 0.05) is 0 Å². The molecule has 0 amide bonds. The Morgan fingerprint density at radius 1 is 1.46 bits per heavy atom. The van der Waals surface area contributed by atoms with E-state index in [1.54, 1.807) is 6.92 Å². The van der Waals surface area contributed by atoms with Gasteiger partial charge in [-0.2, -0.15) is 0 Å². The molecular formula is C10H10F2O. The lowest BCUT2D eigenvalue weighted by molar-refractivity contribution is 0.0888. The Labute approximate surface area is 75.4 Å². The first-order chi connectivity index (χ1) is 6.02. The van der Waals surface area contributed by atoms with Crippen molar-refractivity contribution in [3.8, 4) is 0 Å². The number of hydrogen-bond donors (Lipinski definition) is 0. The maximum absolute atomic E-state index is 13.0. The number of ketones is 1. The van der Waals surface area contributed by atoms with Crippen molar-refractivity contribution in [2.75, 3.05) is 0 Å². The molecule has 0 aliphatic heterocycles. The Morgan fingerprint density at radius 2 is 2.08 bits per heavy atom. The second kappa shape index (κ2) is 3.64. The van der Waals surface area contributed by atoms with E-state index in [-0.39, 0.29) is 5.56 Å². The Bertz CT molecular complexity index is 332. The molecule has 1 aromatic carbocycles. The summed E-state index contributed by atoms with van der Waals surface area (Å²) >= 11 is 0. The van der Waals surface area contributed by atoms with Crippen molar-refractivity contribution < 1.29 is 13.6 Å². The van der Waals surface area contributed by atoms with E-state index in [0.717, 1.165) is 12.5 Å². The lowest BCUT2D eigenvalue weighted by atomic mass is 10.0. The molecule has 0 saturated heterocycles.